The fraction of sp³-hybridized carbons (Fsp3) is 0.714. The number of hydrogen-bond acceptors (Lipinski definition) is 3. The highest BCUT2D eigenvalue weighted by atomic mass is 16.3. The maximum absolute atomic E-state index is 9.95. The van der Waals surface area contributed by atoms with Crippen molar-refractivity contribution in [2.75, 3.05) is 20.1 Å². The van der Waals surface area contributed by atoms with Gasteiger partial charge in [-0.05, 0) is 46.7 Å². The van der Waals surface area contributed by atoms with Crippen LogP contribution < -0.4 is 5.32 Å². The molecule has 1 heterocycles. The van der Waals surface area contributed by atoms with E-state index >= 15 is 0 Å². The molecule has 0 saturated carbocycles. The second kappa shape index (κ2) is 20.0. The molecule has 3 nitrogen and oxygen atoms in total. The molecule has 0 aromatic rings. The van der Waals surface area contributed by atoms with Gasteiger partial charge in [0.25, 0.3) is 0 Å². The lowest BCUT2D eigenvalue weighted by molar-refractivity contribution is 0.126. The van der Waals surface area contributed by atoms with Crippen molar-refractivity contribution >= 4 is 0 Å². The molecule has 0 bridgehead atoms. The first-order chi connectivity index (χ1) is 11.5. The Bertz CT molecular complexity index is 320. The number of rotatable bonds is 3. The minimum Gasteiger partial charge on any atom is -0.391 e. The SMILES string of the molecule is C=C.CC.CCC.CNC1CCN(/C(C)=C/C=C(C)C)CCC1O. The number of nitrogens with zero attached hydrogens (tertiary/aromatic N) is 1. The summed E-state index contributed by atoms with van der Waals surface area (Å²) in [6.07, 6.45) is 7.18. The normalized spacial score (nSPS) is 20.0. The summed E-state index contributed by atoms with van der Waals surface area (Å²) in [6, 6.07) is 0.233. The van der Waals surface area contributed by atoms with Gasteiger partial charge < -0.3 is 15.3 Å². The van der Waals surface area contributed by atoms with E-state index in [1.165, 1.54) is 17.7 Å². The molecule has 1 fully saturated rings. The van der Waals surface area contributed by atoms with Crippen LogP contribution in [0, 0.1) is 0 Å². The van der Waals surface area contributed by atoms with Crippen molar-refractivity contribution in [2.24, 2.45) is 0 Å². The van der Waals surface area contributed by atoms with Gasteiger partial charge in [-0.3, -0.25) is 0 Å². The maximum atomic E-state index is 9.95. The number of likely N-dealkylation sites (tertiary alicyclic amines) is 1. The topological polar surface area (TPSA) is 35.5 Å². The van der Waals surface area contributed by atoms with Crippen LogP contribution in [-0.4, -0.2) is 42.3 Å². The highest BCUT2D eigenvalue weighted by molar-refractivity contribution is 5.14. The molecule has 1 aliphatic rings. The molecule has 0 aliphatic carbocycles. The van der Waals surface area contributed by atoms with E-state index in [1.54, 1.807) is 0 Å². The largest absolute Gasteiger partial charge is 0.391 e. The second-order valence-electron chi connectivity index (χ2n) is 5.79. The zero-order chi connectivity index (χ0) is 19.5. The summed E-state index contributed by atoms with van der Waals surface area (Å²) in [6.45, 7) is 22.6. The van der Waals surface area contributed by atoms with E-state index in [4.69, 9.17) is 0 Å². The van der Waals surface area contributed by atoms with Crippen molar-refractivity contribution in [1.82, 2.24) is 10.2 Å². The van der Waals surface area contributed by atoms with Crippen molar-refractivity contribution < 1.29 is 5.11 Å². The van der Waals surface area contributed by atoms with Crippen LogP contribution in [0.2, 0.25) is 0 Å². The standard InChI is InChI=1S/C14H26N2O.C3H8.C2H6.C2H4/c1-11(2)5-6-12(3)16-9-7-13(15-4)14(17)8-10-16;1-3-2;2*1-2/h5-6,13-15,17H,7-10H2,1-4H3;3H2,1-2H3;1-2H3;1-2H2/b12-6+;;;. The smallest absolute Gasteiger partial charge is 0.0710 e. The quantitative estimate of drug-likeness (QED) is 0.551. The van der Waals surface area contributed by atoms with E-state index < -0.39 is 0 Å². The van der Waals surface area contributed by atoms with E-state index in [-0.39, 0.29) is 12.1 Å². The van der Waals surface area contributed by atoms with Crippen molar-refractivity contribution in [1.29, 1.82) is 0 Å². The van der Waals surface area contributed by atoms with Crippen LogP contribution in [0.25, 0.3) is 0 Å². The Balaban J connectivity index is -0.000000549. The molecule has 0 aromatic heterocycles. The van der Waals surface area contributed by atoms with Crippen LogP contribution in [0.15, 0.2) is 36.6 Å². The lowest BCUT2D eigenvalue weighted by atomic mass is 10.1. The first kappa shape index (κ1) is 27.8. The summed E-state index contributed by atoms with van der Waals surface area (Å²) < 4.78 is 0. The zero-order valence-electron chi connectivity index (χ0n) is 17.7. The fourth-order valence-corrected chi connectivity index (χ4v) is 2.17. The van der Waals surface area contributed by atoms with Crippen molar-refractivity contribution in [3.8, 4) is 0 Å². The second-order valence-corrected chi connectivity index (χ2v) is 5.79. The van der Waals surface area contributed by atoms with Crippen LogP contribution >= 0.6 is 0 Å². The Kier molecular flexibility index (Phi) is 23.1. The number of aliphatic hydroxyl groups excluding tert-OH is 1. The zero-order valence-corrected chi connectivity index (χ0v) is 17.7. The van der Waals surface area contributed by atoms with Crippen molar-refractivity contribution in [2.45, 2.75) is 79.9 Å². The van der Waals surface area contributed by atoms with E-state index in [0.717, 1.165) is 25.9 Å². The monoisotopic (exact) mass is 340 g/mol. The molecule has 2 unspecified atom stereocenters. The summed E-state index contributed by atoms with van der Waals surface area (Å²) >= 11 is 0. The Morgan fingerprint density at radius 3 is 1.96 bits per heavy atom. The molecule has 0 aromatic carbocycles. The Morgan fingerprint density at radius 1 is 1.08 bits per heavy atom. The Labute approximate surface area is 152 Å². The molecule has 2 N–H and O–H groups in total. The van der Waals surface area contributed by atoms with Gasteiger partial charge in [-0.25, -0.2) is 0 Å². The number of aliphatic hydroxyl groups is 1. The van der Waals surface area contributed by atoms with Gasteiger partial charge in [-0.15, -0.1) is 13.2 Å². The van der Waals surface area contributed by atoms with Gasteiger partial charge in [0.15, 0.2) is 0 Å². The van der Waals surface area contributed by atoms with E-state index in [1.807, 2.05) is 20.9 Å². The molecule has 1 rings (SSSR count). The molecule has 3 heteroatoms. The molecule has 144 valence electrons. The first-order valence-corrected chi connectivity index (χ1v) is 9.38. The van der Waals surface area contributed by atoms with E-state index in [2.05, 4.69) is 70.1 Å². The minimum absolute atomic E-state index is 0.221. The van der Waals surface area contributed by atoms with Crippen LogP contribution in [0.5, 0.6) is 0 Å². The highest BCUT2D eigenvalue weighted by Gasteiger charge is 2.23. The van der Waals surface area contributed by atoms with Crippen molar-refractivity contribution in [3.05, 3.63) is 36.6 Å². The number of nitrogens with one attached hydrogen (secondary N) is 1. The Hall–Kier alpha value is -1.06. The van der Waals surface area contributed by atoms with Crippen molar-refractivity contribution in [3.63, 3.8) is 0 Å². The van der Waals surface area contributed by atoms with Gasteiger partial charge in [0, 0.05) is 24.8 Å². The average molecular weight is 341 g/mol. The highest BCUT2D eigenvalue weighted by Crippen LogP contribution is 2.15. The minimum atomic E-state index is -0.221. The predicted molar refractivity (Wildman–Crippen MR) is 111 cm³/mol. The maximum Gasteiger partial charge on any atom is 0.0710 e. The predicted octanol–water partition coefficient (Wildman–Crippen LogP) is 5.15. The van der Waals surface area contributed by atoms with Crippen LogP contribution in [0.3, 0.4) is 0 Å². The third kappa shape index (κ3) is 14.5. The van der Waals surface area contributed by atoms with E-state index in [9.17, 15) is 5.11 Å². The van der Waals surface area contributed by atoms with Crippen LogP contribution in [0.4, 0.5) is 0 Å². The summed E-state index contributed by atoms with van der Waals surface area (Å²) in [7, 11) is 1.93. The molecular weight excluding hydrogens is 296 g/mol. The van der Waals surface area contributed by atoms with Gasteiger partial charge >= 0.3 is 0 Å². The lowest BCUT2D eigenvalue weighted by Crippen LogP contribution is -2.37. The molecule has 0 radical (unpaired) electrons. The summed E-state index contributed by atoms with van der Waals surface area (Å²) in [5, 5.41) is 13.1. The number of allylic oxidation sites excluding steroid dienone is 4. The third-order valence-electron chi connectivity index (χ3n) is 3.40. The molecule has 0 spiro atoms. The molecule has 0 amide bonds. The lowest BCUT2D eigenvalue weighted by Gasteiger charge is -2.23. The van der Waals surface area contributed by atoms with E-state index in [0.29, 0.717) is 0 Å². The van der Waals surface area contributed by atoms with Gasteiger partial charge in [0.1, 0.15) is 0 Å². The summed E-state index contributed by atoms with van der Waals surface area (Å²) in [5.41, 5.74) is 2.60. The first-order valence-electron chi connectivity index (χ1n) is 9.38. The van der Waals surface area contributed by atoms with Crippen LogP contribution in [0.1, 0.15) is 67.7 Å². The molecule has 24 heavy (non-hydrogen) atoms. The number of hydrogen-bond donors (Lipinski definition) is 2. The third-order valence-corrected chi connectivity index (χ3v) is 3.40. The average Bonchev–Trinajstić information content (AvgIpc) is 2.78. The molecule has 2 atom stereocenters. The van der Waals surface area contributed by atoms with Crippen LogP contribution in [-0.2, 0) is 0 Å². The molecule has 1 aliphatic heterocycles. The fourth-order valence-electron chi connectivity index (χ4n) is 2.17. The molecule has 1 saturated heterocycles. The van der Waals surface area contributed by atoms with Gasteiger partial charge in [-0.2, -0.15) is 0 Å². The van der Waals surface area contributed by atoms with Gasteiger partial charge in [0.05, 0.1) is 6.10 Å². The summed E-state index contributed by atoms with van der Waals surface area (Å²) in [4.78, 5) is 2.36. The number of likely N-dealkylation sites (N-methyl/N-ethyl adjacent to an activating group) is 1. The Morgan fingerprint density at radius 2 is 1.54 bits per heavy atom. The molecular formula is C21H44N2O. The summed E-state index contributed by atoms with van der Waals surface area (Å²) in [5.74, 6) is 0. The van der Waals surface area contributed by atoms with Gasteiger partial charge in [-0.1, -0.05) is 45.8 Å². The van der Waals surface area contributed by atoms with Gasteiger partial charge in [0.2, 0.25) is 0 Å².